The maximum atomic E-state index is 11.6. The molecule has 1 heterocycles. The Hall–Kier alpha value is -2.50. The summed E-state index contributed by atoms with van der Waals surface area (Å²) in [5.74, 6) is 0.338. The molecule has 0 radical (unpaired) electrons. The van der Waals surface area contributed by atoms with E-state index in [9.17, 15) is 4.79 Å². The van der Waals surface area contributed by atoms with E-state index in [2.05, 4.69) is 5.10 Å². The van der Waals surface area contributed by atoms with E-state index in [0.717, 1.165) is 17.7 Å². The van der Waals surface area contributed by atoms with Crippen LogP contribution in [0.3, 0.4) is 0 Å². The number of esters is 1. The van der Waals surface area contributed by atoms with Gasteiger partial charge in [0.05, 0.1) is 19.4 Å². The van der Waals surface area contributed by atoms with Gasteiger partial charge < -0.3 is 15.2 Å². The highest BCUT2D eigenvalue weighted by Gasteiger charge is 2.15. The Morgan fingerprint density at radius 3 is 2.67 bits per heavy atom. The monoisotopic (exact) mass is 289 g/mol. The first-order valence-electron chi connectivity index (χ1n) is 6.77. The van der Waals surface area contributed by atoms with E-state index >= 15 is 0 Å². The number of nitrogen functional groups attached to an aromatic ring is 1. The standard InChI is InChI=1S/C15H19N3O3/c1-3-21-15(19)14-13(16)10-18(17-14)9-8-11-4-6-12(20-2)7-5-11/h4-7,10H,3,8-9,16H2,1-2H3. The number of aromatic nitrogens is 2. The molecule has 2 N–H and O–H groups in total. The highest BCUT2D eigenvalue weighted by Crippen LogP contribution is 2.14. The summed E-state index contributed by atoms with van der Waals surface area (Å²) in [6.45, 7) is 2.68. The molecule has 112 valence electrons. The van der Waals surface area contributed by atoms with Crippen LogP contribution in [0, 0.1) is 0 Å². The number of hydrogen-bond donors (Lipinski definition) is 1. The van der Waals surface area contributed by atoms with Crippen LogP contribution in [-0.2, 0) is 17.7 Å². The van der Waals surface area contributed by atoms with Crippen molar-refractivity contribution >= 4 is 11.7 Å². The largest absolute Gasteiger partial charge is 0.497 e. The quantitative estimate of drug-likeness (QED) is 0.821. The van der Waals surface area contributed by atoms with Crippen molar-refractivity contribution in [3.63, 3.8) is 0 Å². The molecule has 1 aromatic carbocycles. The Morgan fingerprint density at radius 2 is 2.05 bits per heavy atom. The molecule has 1 aromatic heterocycles. The van der Waals surface area contributed by atoms with E-state index in [-0.39, 0.29) is 5.69 Å². The Bertz CT molecular complexity index is 605. The molecule has 21 heavy (non-hydrogen) atoms. The number of rotatable bonds is 6. The number of benzene rings is 1. The fraction of sp³-hybridized carbons (Fsp3) is 0.333. The topological polar surface area (TPSA) is 79.4 Å². The van der Waals surface area contributed by atoms with Crippen LogP contribution >= 0.6 is 0 Å². The van der Waals surface area contributed by atoms with E-state index < -0.39 is 5.97 Å². The summed E-state index contributed by atoms with van der Waals surface area (Å²) in [6, 6.07) is 7.82. The number of aryl methyl sites for hydroxylation is 2. The van der Waals surface area contributed by atoms with Gasteiger partial charge in [-0.25, -0.2) is 4.79 Å². The van der Waals surface area contributed by atoms with Gasteiger partial charge in [0.1, 0.15) is 5.75 Å². The van der Waals surface area contributed by atoms with Gasteiger partial charge in [-0.15, -0.1) is 0 Å². The minimum atomic E-state index is -0.488. The van der Waals surface area contributed by atoms with Crippen molar-refractivity contribution in [1.82, 2.24) is 9.78 Å². The van der Waals surface area contributed by atoms with Crippen molar-refractivity contribution in [3.05, 3.63) is 41.7 Å². The Morgan fingerprint density at radius 1 is 1.33 bits per heavy atom. The zero-order valence-corrected chi connectivity index (χ0v) is 12.2. The van der Waals surface area contributed by atoms with Gasteiger partial charge in [-0.05, 0) is 31.0 Å². The summed E-state index contributed by atoms with van der Waals surface area (Å²) in [7, 11) is 1.64. The van der Waals surface area contributed by atoms with Crippen molar-refractivity contribution in [2.75, 3.05) is 19.5 Å². The van der Waals surface area contributed by atoms with Crippen molar-refractivity contribution in [1.29, 1.82) is 0 Å². The Balaban J connectivity index is 1.99. The van der Waals surface area contributed by atoms with Crippen molar-refractivity contribution < 1.29 is 14.3 Å². The lowest BCUT2D eigenvalue weighted by atomic mass is 10.1. The minimum absolute atomic E-state index is 0.173. The summed E-state index contributed by atoms with van der Waals surface area (Å²) in [6.07, 6.45) is 2.43. The molecule has 0 saturated carbocycles. The third-order valence-electron chi connectivity index (χ3n) is 3.05. The Kier molecular flexibility index (Phi) is 4.81. The molecule has 2 rings (SSSR count). The molecule has 0 atom stereocenters. The molecule has 0 aliphatic rings. The molecule has 2 aromatic rings. The van der Waals surface area contributed by atoms with Crippen LogP contribution in [0.15, 0.2) is 30.5 Å². The number of carbonyl (C=O) groups excluding carboxylic acids is 1. The summed E-state index contributed by atoms with van der Waals surface area (Å²) in [5, 5.41) is 4.17. The normalized spacial score (nSPS) is 10.4. The Labute approximate surface area is 123 Å². The van der Waals surface area contributed by atoms with Gasteiger partial charge in [0, 0.05) is 12.7 Å². The van der Waals surface area contributed by atoms with Crippen LogP contribution in [0.2, 0.25) is 0 Å². The first kappa shape index (κ1) is 14.9. The second-order valence-corrected chi connectivity index (χ2v) is 4.51. The molecule has 0 spiro atoms. The maximum Gasteiger partial charge on any atom is 0.361 e. The van der Waals surface area contributed by atoms with E-state index in [4.69, 9.17) is 15.2 Å². The minimum Gasteiger partial charge on any atom is -0.497 e. The highest BCUT2D eigenvalue weighted by atomic mass is 16.5. The van der Waals surface area contributed by atoms with Crippen LogP contribution in [0.5, 0.6) is 5.75 Å². The van der Waals surface area contributed by atoms with Crippen LogP contribution in [0.4, 0.5) is 5.69 Å². The smallest absolute Gasteiger partial charge is 0.361 e. The number of hydrogen-bond acceptors (Lipinski definition) is 5. The van der Waals surface area contributed by atoms with Crippen LogP contribution in [-0.4, -0.2) is 29.5 Å². The zero-order chi connectivity index (χ0) is 15.2. The van der Waals surface area contributed by atoms with Gasteiger partial charge in [-0.2, -0.15) is 5.10 Å². The second kappa shape index (κ2) is 6.78. The molecule has 0 amide bonds. The van der Waals surface area contributed by atoms with Gasteiger partial charge in [-0.1, -0.05) is 12.1 Å². The summed E-state index contributed by atoms with van der Waals surface area (Å²) in [4.78, 5) is 11.6. The first-order chi connectivity index (χ1) is 10.1. The average molecular weight is 289 g/mol. The van der Waals surface area contributed by atoms with E-state index in [1.54, 1.807) is 24.9 Å². The van der Waals surface area contributed by atoms with E-state index in [1.165, 1.54) is 0 Å². The molecule has 6 nitrogen and oxygen atoms in total. The molecule has 0 unspecified atom stereocenters. The van der Waals surface area contributed by atoms with Gasteiger partial charge in [0.15, 0.2) is 5.69 Å². The molecule has 6 heteroatoms. The van der Waals surface area contributed by atoms with Crippen molar-refractivity contribution in [3.8, 4) is 5.75 Å². The fourth-order valence-electron chi connectivity index (χ4n) is 1.95. The second-order valence-electron chi connectivity index (χ2n) is 4.51. The molecule has 0 bridgehead atoms. The van der Waals surface area contributed by atoms with Gasteiger partial charge in [0.2, 0.25) is 0 Å². The van der Waals surface area contributed by atoms with Gasteiger partial charge in [-0.3, -0.25) is 4.68 Å². The third-order valence-corrected chi connectivity index (χ3v) is 3.05. The summed E-state index contributed by atoms with van der Waals surface area (Å²) >= 11 is 0. The number of methoxy groups -OCH3 is 1. The lowest BCUT2D eigenvalue weighted by molar-refractivity contribution is 0.0519. The third kappa shape index (κ3) is 3.75. The zero-order valence-electron chi connectivity index (χ0n) is 12.2. The van der Waals surface area contributed by atoms with E-state index in [0.29, 0.717) is 18.8 Å². The van der Waals surface area contributed by atoms with Gasteiger partial charge in [0.25, 0.3) is 0 Å². The lowest BCUT2D eigenvalue weighted by Crippen LogP contribution is -2.09. The number of carbonyl (C=O) groups is 1. The van der Waals surface area contributed by atoms with Crippen molar-refractivity contribution in [2.45, 2.75) is 19.9 Å². The van der Waals surface area contributed by atoms with E-state index in [1.807, 2.05) is 24.3 Å². The molecule has 0 aliphatic carbocycles. The van der Waals surface area contributed by atoms with Crippen LogP contribution in [0.25, 0.3) is 0 Å². The fourth-order valence-corrected chi connectivity index (χ4v) is 1.95. The maximum absolute atomic E-state index is 11.6. The molecule has 0 aliphatic heterocycles. The summed E-state index contributed by atoms with van der Waals surface area (Å²) in [5.41, 5.74) is 7.44. The highest BCUT2D eigenvalue weighted by molar-refractivity contribution is 5.92. The van der Waals surface area contributed by atoms with Crippen LogP contribution in [0.1, 0.15) is 23.0 Å². The van der Waals surface area contributed by atoms with Crippen LogP contribution < -0.4 is 10.5 Å². The molecule has 0 fully saturated rings. The predicted octanol–water partition coefficient (Wildman–Crippen LogP) is 1.89. The molecular weight excluding hydrogens is 270 g/mol. The number of anilines is 1. The predicted molar refractivity (Wildman–Crippen MR) is 79.3 cm³/mol. The average Bonchev–Trinajstić information content (AvgIpc) is 2.87. The van der Waals surface area contributed by atoms with Gasteiger partial charge >= 0.3 is 5.97 Å². The molecular formula is C15H19N3O3. The SMILES string of the molecule is CCOC(=O)c1nn(CCc2ccc(OC)cc2)cc1N. The lowest BCUT2D eigenvalue weighted by Gasteiger charge is -2.04. The first-order valence-corrected chi connectivity index (χ1v) is 6.77. The number of nitrogens with zero attached hydrogens (tertiary/aromatic N) is 2. The van der Waals surface area contributed by atoms with Crippen molar-refractivity contribution in [2.24, 2.45) is 0 Å². The number of nitrogens with two attached hydrogens (primary N) is 1. The number of ether oxygens (including phenoxy) is 2. The summed E-state index contributed by atoms with van der Waals surface area (Å²) < 4.78 is 11.7. The molecule has 0 saturated heterocycles.